The summed E-state index contributed by atoms with van der Waals surface area (Å²) in [6.07, 6.45) is 8.11. The van der Waals surface area contributed by atoms with E-state index in [1.165, 1.54) is 44.6 Å². The number of hydrogen-bond acceptors (Lipinski definition) is 2. The first-order valence-electron chi connectivity index (χ1n) is 7.96. The summed E-state index contributed by atoms with van der Waals surface area (Å²) in [6.45, 7) is 10.4. The smallest absolute Gasteiger partial charge is 0.0621 e. The van der Waals surface area contributed by atoms with Crippen LogP contribution in [0.4, 0.5) is 0 Å². The van der Waals surface area contributed by atoms with Crippen molar-refractivity contribution >= 4 is 8.07 Å². The molecule has 3 heteroatoms. The summed E-state index contributed by atoms with van der Waals surface area (Å²) < 4.78 is 11.2. The molecule has 0 aliphatic carbocycles. The summed E-state index contributed by atoms with van der Waals surface area (Å²) in [4.78, 5) is 0. The van der Waals surface area contributed by atoms with E-state index in [0.717, 1.165) is 6.61 Å². The van der Waals surface area contributed by atoms with Crippen LogP contribution in [0.2, 0.25) is 25.7 Å². The molecule has 0 heterocycles. The van der Waals surface area contributed by atoms with Gasteiger partial charge in [0.1, 0.15) is 0 Å². The molecule has 0 fully saturated rings. The Balaban J connectivity index is 4.20. The number of methoxy groups -OCH3 is 2. The fraction of sp³-hybridized carbons (Fsp3) is 1.00. The van der Waals surface area contributed by atoms with Crippen LogP contribution in [0.15, 0.2) is 0 Å². The Labute approximate surface area is 122 Å². The van der Waals surface area contributed by atoms with E-state index < -0.39 is 8.07 Å². The van der Waals surface area contributed by atoms with Gasteiger partial charge in [-0.2, -0.15) is 0 Å². The minimum absolute atomic E-state index is 0.383. The molecule has 0 aromatic rings. The molecule has 0 amide bonds. The topological polar surface area (TPSA) is 18.5 Å². The predicted octanol–water partition coefficient (Wildman–Crippen LogP) is 4.96. The van der Waals surface area contributed by atoms with Crippen molar-refractivity contribution in [3.05, 3.63) is 0 Å². The lowest BCUT2D eigenvalue weighted by Gasteiger charge is -2.28. The fourth-order valence-corrected chi connectivity index (χ4v) is 3.76. The number of hydrogen-bond donors (Lipinski definition) is 0. The molecule has 19 heavy (non-hydrogen) atoms. The Kier molecular flexibility index (Phi) is 10.9. The molecule has 0 aromatic heterocycles. The molecule has 0 N–H and O–H groups in total. The maximum atomic E-state index is 5.75. The molecule has 0 spiro atoms. The van der Waals surface area contributed by atoms with Crippen LogP contribution in [0.1, 0.15) is 45.4 Å². The second-order valence-electron chi connectivity index (χ2n) is 6.94. The van der Waals surface area contributed by atoms with Gasteiger partial charge in [0.2, 0.25) is 0 Å². The second-order valence-corrected chi connectivity index (χ2v) is 12.6. The van der Waals surface area contributed by atoms with E-state index in [9.17, 15) is 0 Å². The highest BCUT2D eigenvalue weighted by molar-refractivity contribution is 6.76. The highest BCUT2D eigenvalue weighted by Gasteiger charge is 2.23. The van der Waals surface area contributed by atoms with Gasteiger partial charge in [-0.1, -0.05) is 58.3 Å². The molecule has 0 aliphatic heterocycles. The molecule has 2 unspecified atom stereocenters. The molecule has 2 nitrogen and oxygen atoms in total. The highest BCUT2D eigenvalue weighted by Crippen LogP contribution is 2.24. The Morgan fingerprint density at radius 2 is 1.63 bits per heavy atom. The number of rotatable bonds is 12. The molecule has 0 radical (unpaired) electrons. The van der Waals surface area contributed by atoms with Crippen molar-refractivity contribution in [2.75, 3.05) is 20.8 Å². The van der Waals surface area contributed by atoms with Crippen LogP contribution in [0.3, 0.4) is 0 Å². The first kappa shape index (κ1) is 19.1. The lowest BCUT2D eigenvalue weighted by molar-refractivity contribution is 0.00649. The fourth-order valence-electron chi connectivity index (χ4n) is 2.53. The number of unbranched alkanes of at least 4 members (excludes halogenated alkanes) is 3. The molecule has 2 atom stereocenters. The van der Waals surface area contributed by atoms with Crippen molar-refractivity contribution < 1.29 is 9.47 Å². The van der Waals surface area contributed by atoms with Gasteiger partial charge in [0.25, 0.3) is 0 Å². The minimum atomic E-state index is -0.963. The van der Waals surface area contributed by atoms with E-state index in [2.05, 4.69) is 26.6 Å². The first-order chi connectivity index (χ1) is 8.94. The van der Waals surface area contributed by atoms with Crippen LogP contribution in [-0.4, -0.2) is 35.0 Å². The number of ether oxygens (including phenoxy) is 2. The zero-order chi connectivity index (χ0) is 14.7. The van der Waals surface area contributed by atoms with Crippen LogP contribution in [0, 0.1) is 5.92 Å². The standard InChI is InChI=1S/C16H36O2Si/c1-7-8-9-10-11-16(18-3)15(14-17-2)12-13-19(4,5)6/h15-16H,7-14H2,1-6H3. The Morgan fingerprint density at radius 1 is 0.947 bits per heavy atom. The van der Waals surface area contributed by atoms with Crippen molar-refractivity contribution in [1.82, 2.24) is 0 Å². The van der Waals surface area contributed by atoms with Crippen LogP contribution in [-0.2, 0) is 9.47 Å². The Bertz CT molecular complexity index is 201. The molecule has 116 valence electrons. The quantitative estimate of drug-likeness (QED) is 0.373. The average molecular weight is 289 g/mol. The van der Waals surface area contributed by atoms with E-state index in [4.69, 9.17) is 9.47 Å². The predicted molar refractivity (Wildman–Crippen MR) is 87.7 cm³/mol. The third-order valence-corrected chi connectivity index (χ3v) is 5.61. The van der Waals surface area contributed by atoms with Crippen LogP contribution < -0.4 is 0 Å². The van der Waals surface area contributed by atoms with Gasteiger partial charge < -0.3 is 9.47 Å². The normalized spacial score (nSPS) is 15.5. The Morgan fingerprint density at radius 3 is 2.11 bits per heavy atom. The van der Waals surface area contributed by atoms with Gasteiger partial charge in [-0.05, 0) is 12.8 Å². The van der Waals surface area contributed by atoms with Gasteiger partial charge in [0.15, 0.2) is 0 Å². The molecule has 0 saturated carbocycles. The lowest BCUT2D eigenvalue weighted by Crippen LogP contribution is -2.30. The van der Waals surface area contributed by atoms with Crippen LogP contribution in [0.25, 0.3) is 0 Å². The SMILES string of the molecule is CCCCCCC(OC)C(CC[Si](C)(C)C)COC. The zero-order valence-electron chi connectivity index (χ0n) is 14.1. The summed E-state index contributed by atoms with van der Waals surface area (Å²) in [7, 11) is 2.71. The maximum Gasteiger partial charge on any atom is 0.0621 e. The molecular weight excluding hydrogens is 252 g/mol. The zero-order valence-corrected chi connectivity index (χ0v) is 15.1. The maximum absolute atomic E-state index is 5.75. The molecule has 0 aliphatic rings. The van der Waals surface area contributed by atoms with E-state index in [-0.39, 0.29) is 0 Å². The Hall–Kier alpha value is 0.137. The van der Waals surface area contributed by atoms with Crippen molar-refractivity contribution in [3.8, 4) is 0 Å². The average Bonchev–Trinajstić information content (AvgIpc) is 2.34. The van der Waals surface area contributed by atoms with Crippen molar-refractivity contribution in [2.45, 2.75) is 77.2 Å². The summed E-state index contributed by atoms with van der Waals surface area (Å²) in [6, 6.07) is 1.37. The van der Waals surface area contributed by atoms with Gasteiger partial charge in [0.05, 0.1) is 12.7 Å². The van der Waals surface area contributed by atoms with Crippen LogP contribution >= 0.6 is 0 Å². The molecule has 0 bridgehead atoms. The van der Waals surface area contributed by atoms with Gasteiger partial charge in [-0.15, -0.1) is 0 Å². The van der Waals surface area contributed by atoms with Crippen molar-refractivity contribution in [2.24, 2.45) is 5.92 Å². The van der Waals surface area contributed by atoms with E-state index in [1.54, 1.807) is 0 Å². The van der Waals surface area contributed by atoms with E-state index >= 15 is 0 Å². The van der Waals surface area contributed by atoms with Crippen molar-refractivity contribution in [1.29, 1.82) is 0 Å². The summed E-state index contributed by atoms with van der Waals surface area (Å²) in [5, 5.41) is 0. The van der Waals surface area contributed by atoms with Gasteiger partial charge in [-0.25, -0.2) is 0 Å². The minimum Gasteiger partial charge on any atom is -0.384 e. The summed E-state index contributed by atoms with van der Waals surface area (Å²) >= 11 is 0. The summed E-state index contributed by atoms with van der Waals surface area (Å²) in [5.74, 6) is 0.573. The lowest BCUT2D eigenvalue weighted by atomic mass is 9.95. The third-order valence-electron chi connectivity index (χ3n) is 3.82. The van der Waals surface area contributed by atoms with Gasteiger partial charge >= 0.3 is 0 Å². The second kappa shape index (κ2) is 10.9. The van der Waals surface area contributed by atoms with Crippen molar-refractivity contribution in [3.63, 3.8) is 0 Å². The van der Waals surface area contributed by atoms with E-state index in [0.29, 0.717) is 12.0 Å². The molecule has 0 aromatic carbocycles. The molecule has 0 rings (SSSR count). The largest absolute Gasteiger partial charge is 0.384 e. The first-order valence-corrected chi connectivity index (χ1v) is 11.7. The summed E-state index contributed by atoms with van der Waals surface area (Å²) in [5.41, 5.74) is 0. The third kappa shape index (κ3) is 10.6. The van der Waals surface area contributed by atoms with Gasteiger partial charge in [0, 0.05) is 28.2 Å². The molecular formula is C16H36O2Si. The van der Waals surface area contributed by atoms with E-state index in [1.807, 2.05) is 14.2 Å². The van der Waals surface area contributed by atoms with Gasteiger partial charge in [-0.3, -0.25) is 0 Å². The van der Waals surface area contributed by atoms with Crippen LogP contribution in [0.5, 0.6) is 0 Å². The monoisotopic (exact) mass is 288 g/mol. The highest BCUT2D eigenvalue weighted by atomic mass is 28.3. The molecule has 0 saturated heterocycles.